The van der Waals surface area contributed by atoms with Crippen molar-refractivity contribution in [1.29, 1.82) is 0 Å². The number of rotatable bonds is 2. The second kappa shape index (κ2) is 4.81. The fourth-order valence-electron chi connectivity index (χ4n) is 3.02. The Morgan fingerprint density at radius 3 is 3.11 bits per heavy atom. The summed E-state index contributed by atoms with van der Waals surface area (Å²) in [5.41, 5.74) is 2.86. The molecule has 1 aromatic rings. The fourth-order valence-corrected chi connectivity index (χ4v) is 3.02. The van der Waals surface area contributed by atoms with E-state index in [2.05, 4.69) is 42.3 Å². The highest BCUT2D eigenvalue weighted by Gasteiger charge is 2.30. The molecule has 1 unspecified atom stereocenters. The van der Waals surface area contributed by atoms with Crippen LogP contribution in [0.4, 0.5) is 5.69 Å². The van der Waals surface area contributed by atoms with Gasteiger partial charge in [-0.1, -0.05) is 6.07 Å². The summed E-state index contributed by atoms with van der Waals surface area (Å²) in [4.78, 5) is 2.56. The van der Waals surface area contributed by atoms with Crippen LogP contribution in [0.15, 0.2) is 18.2 Å². The maximum Gasteiger partial charge on any atom is 0.121 e. The van der Waals surface area contributed by atoms with Crippen LogP contribution in [0.2, 0.25) is 0 Å². The summed E-state index contributed by atoms with van der Waals surface area (Å²) >= 11 is 0. The number of hydrogen-bond acceptors (Lipinski definition) is 3. The molecule has 98 valence electrons. The first-order valence-corrected chi connectivity index (χ1v) is 7.01. The Balaban J connectivity index is 1.87. The summed E-state index contributed by atoms with van der Waals surface area (Å²) in [5.74, 6) is 1.00. The molecule has 3 rings (SSSR count). The molecule has 1 fully saturated rings. The maximum atomic E-state index is 5.81. The third-order valence-corrected chi connectivity index (χ3v) is 3.77. The first-order chi connectivity index (χ1) is 8.74. The zero-order valence-corrected chi connectivity index (χ0v) is 11.3. The molecular formula is C15H22N2O. The van der Waals surface area contributed by atoms with E-state index in [1.165, 1.54) is 24.1 Å². The van der Waals surface area contributed by atoms with Gasteiger partial charge in [-0.15, -0.1) is 0 Å². The van der Waals surface area contributed by atoms with Crippen LogP contribution in [0.1, 0.15) is 25.8 Å². The average Bonchev–Trinajstić information content (AvgIpc) is 2.52. The van der Waals surface area contributed by atoms with Crippen LogP contribution >= 0.6 is 0 Å². The van der Waals surface area contributed by atoms with Gasteiger partial charge in [0.1, 0.15) is 5.75 Å². The van der Waals surface area contributed by atoms with Crippen LogP contribution in [-0.4, -0.2) is 31.8 Å². The van der Waals surface area contributed by atoms with Crippen molar-refractivity contribution in [3.05, 3.63) is 23.8 Å². The summed E-state index contributed by atoms with van der Waals surface area (Å²) < 4.78 is 5.81. The number of nitrogens with zero attached hydrogens (tertiary/aromatic N) is 1. The Morgan fingerprint density at radius 1 is 1.39 bits per heavy atom. The van der Waals surface area contributed by atoms with E-state index in [1.54, 1.807) is 0 Å². The molecule has 2 aliphatic rings. The zero-order chi connectivity index (χ0) is 12.5. The molecule has 0 spiro atoms. The van der Waals surface area contributed by atoms with Crippen molar-refractivity contribution < 1.29 is 4.74 Å². The van der Waals surface area contributed by atoms with Crippen LogP contribution in [-0.2, 0) is 6.42 Å². The van der Waals surface area contributed by atoms with Gasteiger partial charge in [0.2, 0.25) is 0 Å². The van der Waals surface area contributed by atoms with Crippen LogP contribution in [0, 0.1) is 0 Å². The molecule has 3 heteroatoms. The van der Waals surface area contributed by atoms with Gasteiger partial charge in [0.15, 0.2) is 0 Å². The second-order valence-electron chi connectivity index (χ2n) is 5.57. The smallest absolute Gasteiger partial charge is 0.121 e. The Morgan fingerprint density at radius 2 is 2.28 bits per heavy atom. The van der Waals surface area contributed by atoms with Crippen molar-refractivity contribution in [3.63, 3.8) is 0 Å². The van der Waals surface area contributed by atoms with E-state index in [-0.39, 0.29) is 6.10 Å². The lowest BCUT2D eigenvalue weighted by Crippen LogP contribution is -2.36. The summed E-state index contributed by atoms with van der Waals surface area (Å²) in [6.07, 6.45) is 2.64. The van der Waals surface area contributed by atoms with Crippen LogP contribution in [0.5, 0.6) is 5.75 Å². The summed E-state index contributed by atoms with van der Waals surface area (Å²) in [6.45, 7) is 7.56. The van der Waals surface area contributed by atoms with Gasteiger partial charge in [-0.25, -0.2) is 0 Å². The van der Waals surface area contributed by atoms with E-state index in [4.69, 9.17) is 4.74 Å². The van der Waals surface area contributed by atoms with Crippen molar-refractivity contribution in [1.82, 2.24) is 5.32 Å². The first-order valence-electron chi connectivity index (χ1n) is 7.01. The molecule has 1 saturated heterocycles. The molecule has 0 amide bonds. The Kier molecular flexibility index (Phi) is 3.16. The predicted molar refractivity (Wildman–Crippen MR) is 74.5 cm³/mol. The molecule has 0 bridgehead atoms. The number of nitrogens with one attached hydrogen (secondary N) is 1. The summed E-state index contributed by atoms with van der Waals surface area (Å²) in [5, 5.41) is 3.53. The van der Waals surface area contributed by atoms with Crippen molar-refractivity contribution in [3.8, 4) is 5.75 Å². The molecular weight excluding hydrogens is 224 g/mol. The van der Waals surface area contributed by atoms with Crippen LogP contribution < -0.4 is 15.0 Å². The van der Waals surface area contributed by atoms with Gasteiger partial charge in [-0.05, 0) is 44.9 Å². The minimum absolute atomic E-state index is 0.242. The van der Waals surface area contributed by atoms with E-state index in [0.29, 0.717) is 6.04 Å². The average molecular weight is 246 g/mol. The minimum atomic E-state index is 0.242. The summed E-state index contributed by atoms with van der Waals surface area (Å²) in [6, 6.07) is 7.21. The fraction of sp³-hybridized carbons (Fsp3) is 0.600. The quantitative estimate of drug-likeness (QED) is 0.866. The van der Waals surface area contributed by atoms with Crippen LogP contribution in [0.25, 0.3) is 0 Å². The van der Waals surface area contributed by atoms with E-state index < -0.39 is 0 Å². The predicted octanol–water partition coefficient (Wildman–Crippen LogP) is 2.20. The van der Waals surface area contributed by atoms with Crippen LogP contribution in [0.3, 0.4) is 0 Å². The number of anilines is 1. The van der Waals surface area contributed by atoms with Crippen molar-refractivity contribution in [2.24, 2.45) is 0 Å². The third kappa shape index (κ3) is 2.19. The van der Waals surface area contributed by atoms with Gasteiger partial charge in [0.05, 0.1) is 6.10 Å². The molecule has 0 aliphatic carbocycles. The molecule has 18 heavy (non-hydrogen) atoms. The topological polar surface area (TPSA) is 24.5 Å². The SMILES string of the molecule is CC(C)Oc1ccc2c(c1)N1CCCNCC1C2. The van der Waals surface area contributed by atoms with Gasteiger partial charge in [-0.3, -0.25) is 0 Å². The normalized spacial score (nSPS) is 22.6. The van der Waals surface area contributed by atoms with E-state index in [9.17, 15) is 0 Å². The van der Waals surface area contributed by atoms with Crippen molar-refractivity contribution in [2.75, 3.05) is 24.5 Å². The Hall–Kier alpha value is -1.22. The Bertz CT molecular complexity index is 431. The number of fused-ring (bicyclic) bond motifs is 3. The highest BCUT2D eigenvalue weighted by atomic mass is 16.5. The van der Waals surface area contributed by atoms with E-state index in [0.717, 1.165) is 25.4 Å². The molecule has 1 N–H and O–H groups in total. The van der Waals surface area contributed by atoms with E-state index >= 15 is 0 Å². The maximum absolute atomic E-state index is 5.81. The lowest BCUT2D eigenvalue weighted by atomic mass is 10.1. The monoisotopic (exact) mass is 246 g/mol. The largest absolute Gasteiger partial charge is 0.491 e. The number of hydrogen-bond donors (Lipinski definition) is 1. The van der Waals surface area contributed by atoms with Gasteiger partial charge >= 0.3 is 0 Å². The van der Waals surface area contributed by atoms with Gasteiger partial charge in [-0.2, -0.15) is 0 Å². The molecule has 0 saturated carbocycles. The molecule has 3 nitrogen and oxygen atoms in total. The molecule has 1 atom stereocenters. The molecule has 0 radical (unpaired) electrons. The Labute approximate surface area is 109 Å². The molecule has 0 aromatic heterocycles. The summed E-state index contributed by atoms with van der Waals surface area (Å²) in [7, 11) is 0. The lowest BCUT2D eigenvalue weighted by molar-refractivity contribution is 0.242. The molecule has 1 aromatic carbocycles. The third-order valence-electron chi connectivity index (χ3n) is 3.77. The highest BCUT2D eigenvalue weighted by molar-refractivity contribution is 5.62. The van der Waals surface area contributed by atoms with Gasteiger partial charge < -0.3 is 15.0 Å². The standard InChI is InChI=1S/C15H22N2O/c1-11(2)18-14-5-4-12-8-13-10-16-6-3-7-17(13)15(12)9-14/h4-5,9,11,13,16H,3,6-8,10H2,1-2H3. The van der Waals surface area contributed by atoms with Crippen molar-refractivity contribution >= 4 is 5.69 Å². The molecule has 2 aliphatic heterocycles. The van der Waals surface area contributed by atoms with E-state index in [1.807, 2.05) is 0 Å². The second-order valence-corrected chi connectivity index (χ2v) is 5.57. The first kappa shape index (κ1) is 11.8. The zero-order valence-electron chi connectivity index (χ0n) is 11.3. The minimum Gasteiger partial charge on any atom is -0.491 e. The van der Waals surface area contributed by atoms with Gasteiger partial charge in [0.25, 0.3) is 0 Å². The molecule has 2 heterocycles. The highest BCUT2D eigenvalue weighted by Crippen LogP contribution is 2.35. The van der Waals surface area contributed by atoms with Crippen molar-refractivity contribution in [2.45, 2.75) is 38.8 Å². The lowest BCUT2D eigenvalue weighted by Gasteiger charge is -2.25. The van der Waals surface area contributed by atoms with Gasteiger partial charge in [0, 0.05) is 30.9 Å². The number of benzene rings is 1. The number of ether oxygens (including phenoxy) is 1.